The van der Waals surface area contributed by atoms with Gasteiger partial charge < -0.3 is 10.1 Å². The molecule has 5 heteroatoms. The van der Waals surface area contributed by atoms with E-state index >= 15 is 0 Å². The minimum Gasteiger partial charge on any atom is -0.491 e. The molecular weight excluding hydrogens is 372 g/mol. The van der Waals surface area contributed by atoms with Crippen molar-refractivity contribution in [2.75, 3.05) is 5.32 Å². The van der Waals surface area contributed by atoms with E-state index in [1.807, 2.05) is 38.1 Å². The van der Waals surface area contributed by atoms with Crippen molar-refractivity contribution in [3.05, 3.63) is 58.6 Å². The number of hydrogen-bond acceptors (Lipinski definition) is 3. The maximum absolute atomic E-state index is 13.5. The van der Waals surface area contributed by atoms with Gasteiger partial charge in [0.2, 0.25) is 5.91 Å². The molecule has 0 aliphatic heterocycles. The molecule has 2 aromatic carbocycles. The third kappa shape index (κ3) is 4.15. The summed E-state index contributed by atoms with van der Waals surface area (Å²) in [5, 5.41) is 13.2. The number of anilines is 1. The molecule has 1 saturated carbocycles. The highest BCUT2D eigenvalue weighted by atomic mass is 35.5. The number of nitriles is 1. The fourth-order valence-electron chi connectivity index (χ4n) is 3.94. The number of nitrogens with zero attached hydrogens (tertiary/aromatic N) is 1. The number of ether oxygens (including phenoxy) is 1. The lowest BCUT2D eigenvalue weighted by atomic mass is 9.68. The van der Waals surface area contributed by atoms with Crippen molar-refractivity contribution in [3.8, 4) is 11.8 Å². The van der Waals surface area contributed by atoms with Gasteiger partial charge in [-0.25, -0.2) is 0 Å². The Morgan fingerprint density at radius 1 is 1.18 bits per heavy atom. The van der Waals surface area contributed by atoms with Crippen LogP contribution >= 0.6 is 11.6 Å². The first-order valence-electron chi connectivity index (χ1n) is 9.73. The monoisotopic (exact) mass is 396 g/mol. The summed E-state index contributed by atoms with van der Waals surface area (Å²) in [7, 11) is 0. The van der Waals surface area contributed by atoms with E-state index in [1.165, 1.54) is 0 Å². The molecule has 1 N–H and O–H groups in total. The van der Waals surface area contributed by atoms with E-state index < -0.39 is 5.41 Å². The Bertz CT molecular complexity index is 896. The van der Waals surface area contributed by atoms with Crippen LogP contribution in [-0.2, 0) is 10.2 Å². The van der Waals surface area contributed by atoms with Crippen LogP contribution in [0.3, 0.4) is 0 Å². The van der Waals surface area contributed by atoms with E-state index in [9.17, 15) is 10.1 Å². The van der Waals surface area contributed by atoms with Crippen molar-refractivity contribution >= 4 is 23.2 Å². The second-order valence-electron chi connectivity index (χ2n) is 7.56. The number of benzene rings is 2. The quantitative estimate of drug-likeness (QED) is 0.690. The Hall–Kier alpha value is -2.51. The van der Waals surface area contributed by atoms with Crippen LogP contribution in [0.5, 0.6) is 5.75 Å². The van der Waals surface area contributed by atoms with E-state index in [2.05, 4.69) is 11.4 Å². The van der Waals surface area contributed by atoms with E-state index in [0.29, 0.717) is 22.0 Å². The van der Waals surface area contributed by atoms with E-state index in [-0.39, 0.29) is 12.0 Å². The van der Waals surface area contributed by atoms with Gasteiger partial charge >= 0.3 is 0 Å². The van der Waals surface area contributed by atoms with Crippen LogP contribution in [0.25, 0.3) is 0 Å². The van der Waals surface area contributed by atoms with Gasteiger partial charge in [-0.05, 0) is 50.5 Å². The van der Waals surface area contributed by atoms with Gasteiger partial charge in [-0.15, -0.1) is 0 Å². The molecule has 1 aliphatic rings. The molecule has 0 unspecified atom stereocenters. The van der Waals surface area contributed by atoms with Gasteiger partial charge in [0, 0.05) is 11.1 Å². The first-order valence-corrected chi connectivity index (χ1v) is 10.1. The van der Waals surface area contributed by atoms with Gasteiger partial charge in [-0.1, -0.05) is 49.1 Å². The van der Waals surface area contributed by atoms with Gasteiger partial charge in [0.05, 0.1) is 22.8 Å². The molecule has 0 saturated heterocycles. The first-order chi connectivity index (χ1) is 13.5. The molecule has 0 aromatic heterocycles. The maximum atomic E-state index is 13.5. The van der Waals surface area contributed by atoms with Gasteiger partial charge in [0.1, 0.15) is 11.8 Å². The lowest BCUT2D eigenvalue weighted by Gasteiger charge is -2.37. The minimum absolute atomic E-state index is 0.0118. The molecule has 0 spiro atoms. The molecule has 0 atom stereocenters. The zero-order chi connectivity index (χ0) is 20.1. The summed E-state index contributed by atoms with van der Waals surface area (Å²) in [6.07, 6.45) is 4.58. The molecule has 0 heterocycles. The number of hydrogen-bond donors (Lipinski definition) is 1. The number of halogens is 1. The van der Waals surface area contributed by atoms with Crippen molar-refractivity contribution in [1.29, 1.82) is 5.26 Å². The highest BCUT2D eigenvalue weighted by molar-refractivity contribution is 6.31. The lowest BCUT2D eigenvalue weighted by Crippen LogP contribution is -2.42. The Morgan fingerprint density at radius 3 is 2.54 bits per heavy atom. The highest BCUT2D eigenvalue weighted by Gasteiger charge is 2.42. The summed E-state index contributed by atoms with van der Waals surface area (Å²) >= 11 is 6.47. The zero-order valence-electron chi connectivity index (χ0n) is 16.3. The third-order valence-electron chi connectivity index (χ3n) is 5.26. The second kappa shape index (κ2) is 8.67. The number of amides is 1. The zero-order valence-corrected chi connectivity index (χ0v) is 17.1. The fourth-order valence-corrected chi connectivity index (χ4v) is 4.25. The molecule has 2 aromatic rings. The second-order valence-corrected chi connectivity index (χ2v) is 7.97. The summed E-state index contributed by atoms with van der Waals surface area (Å²) in [4.78, 5) is 13.5. The summed E-state index contributed by atoms with van der Waals surface area (Å²) in [6, 6.07) is 14.9. The Morgan fingerprint density at radius 2 is 1.89 bits per heavy atom. The maximum Gasteiger partial charge on any atom is 0.235 e. The van der Waals surface area contributed by atoms with Crippen LogP contribution in [0.1, 0.15) is 57.1 Å². The summed E-state index contributed by atoms with van der Waals surface area (Å²) in [5.74, 6) is 0.511. The van der Waals surface area contributed by atoms with Gasteiger partial charge in [0.25, 0.3) is 0 Å². The Kier molecular flexibility index (Phi) is 6.26. The molecule has 1 amide bonds. The number of carbonyl (C=O) groups excluding carboxylic acids is 1. The average molecular weight is 397 g/mol. The molecule has 0 bridgehead atoms. The van der Waals surface area contributed by atoms with Crippen molar-refractivity contribution in [3.63, 3.8) is 0 Å². The Labute approximate surface area is 171 Å². The molecule has 146 valence electrons. The molecule has 3 rings (SSSR count). The van der Waals surface area contributed by atoms with Crippen molar-refractivity contribution in [1.82, 2.24) is 0 Å². The van der Waals surface area contributed by atoms with Crippen molar-refractivity contribution < 1.29 is 9.53 Å². The average Bonchev–Trinajstić information content (AvgIpc) is 2.69. The van der Waals surface area contributed by atoms with E-state index in [4.69, 9.17) is 16.3 Å². The van der Waals surface area contributed by atoms with Crippen molar-refractivity contribution in [2.24, 2.45) is 0 Å². The summed E-state index contributed by atoms with van der Waals surface area (Å²) < 4.78 is 5.66. The largest absolute Gasteiger partial charge is 0.491 e. The van der Waals surface area contributed by atoms with Crippen LogP contribution in [0.2, 0.25) is 5.02 Å². The number of rotatable bonds is 5. The topological polar surface area (TPSA) is 62.1 Å². The third-order valence-corrected chi connectivity index (χ3v) is 5.59. The predicted octanol–water partition coefficient (Wildman–Crippen LogP) is 5.84. The molecule has 1 fully saturated rings. The van der Waals surface area contributed by atoms with Crippen LogP contribution in [-0.4, -0.2) is 12.0 Å². The normalized spacial score (nSPS) is 15.7. The van der Waals surface area contributed by atoms with E-state index in [0.717, 1.165) is 37.7 Å². The molecule has 4 nitrogen and oxygen atoms in total. The minimum atomic E-state index is -0.670. The predicted molar refractivity (Wildman–Crippen MR) is 112 cm³/mol. The van der Waals surface area contributed by atoms with Crippen LogP contribution < -0.4 is 10.1 Å². The molecule has 0 radical (unpaired) electrons. The van der Waals surface area contributed by atoms with Crippen LogP contribution in [0, 0.1) is 11.3 Å². The number of nitrogens with one attached hydrogen (secondary N) is 1. The van der Waals surface area contributed by atoms with Gasteiger partial charge in [-0.2, -0.15) is 5.26 Å². The van der Waals surface area contributed by atoms with Gasteiger partial charge in [-0.3, -0.25) is 4.79 Å². The molecule has 28 heavy (non-hydrogen) atoms. The van der Waals surface area contributed by atoms with E-state index in [1.54, 1.807) is 18.2 Å². The fraction of sp³-hybridized carbons (Fsp3) is 0.391. The van der Waals surface area contributed by atoms with Crippen LogP contribution in [0.15, 0.2) is 42.5 Å². The Balaban J connectivity index is 1.93. The smallest absolute Gasteiger partial charge is 0.235 e. The molecule has 1 aliphatic carbocycles. The number of carbonyl (C=O) groups is 1. The summed E-state index contributed by atoms with van der Waals surface area (Å²) in [5.41, 5.74) is 1.08. The van der Waals surface area contributed by atoms with Gasteiger partial charge in [0.15, 0.2) is 0 Å². The first kappa shape index (κ1) is 20.2. The standard InChI is InChI=1S/C23H25ClN2O2/c1-16(2)28-18-10-11-21(17(14-18)15-25)26-22(27)23(12-6-3-7-13-23)19-8-4-5-9-20(19)24/h4-5,8-11,14,16H,3,6-7,12-13H2,1-2H3,(H,26,27). The molecular formula is C23H25ClN2O2. The summed E-state index contributed by atoms with van der Waals surface area (Å²) in [6.45, 7) is 3.86. The SMILES string of the molecule is CC(C)Oc1ccc(NC(=O)C2(c3ccccc3Cl)CCCCC2)c(C#N)c1. The highest BCUT2D eigenvalue weighted by Crippen LogP contribution is 2.43. The van der Waals surface area contributed by atoms with Crippen LogP contribution in [0.4, 0.5) is 5.69 Å². The lowest BCUT2D eigenvalue weighted by molar-refractivity contribution is -0.122. The van der Waals surface area contributed by atoms with Crippen molar-refractivity contribution in [2.45, 2.75) is 57.5 Å².